The Labute approximate surface area is 143 Å². The van der Waals surface area contributed by atoms with Crippen LogP contribution in [0.1, 0.15) is 66.7 Å². The molecule has 0 aromatic rings. The number of likely N-dealkylation sites (tertiary alicyclic amines) is 1. The van der Waals surface area contributed by atoms with Crippen LogP contribution in [0.25, 0.3) is 0 Å². The monoisotopic (exact) mass is 323 g/mol. The van der Waals surface area contributed by atoms with Gasteiger partial charge in [-0.1, -0.05) is 26.7 Å². The Hall–Kier alpha value is -0.770. The van der Waals surface area contributed by atoms with Crippen LogP contribution in [0.2, 0.25) is 0 Å². The lowest BCUT2D eigenvalue weighted by atomic mass is 9.65. The summed E-state index contributed by atoms with van der Waals surface area (Å²) in [5.41, 5.74) is 0.856. The van der Waals surface area contributed by atoms with Crippen LogP contribution in [0.3, 0.4) is 0 Å². The first-order chi connectivity index (χ1) is 10.8. The Balaban J connectivity index is 2.09. The lowest BCUT2D eigenvalue weighted by molar-refractivity contribution is -0.0669. The van der Waals surface area contributed by atoms with Crippen LogP contribution in [0, 0.1) is 10.8 Å². The second-order valence-electron chi connectivity index (χ2n) is 8.65. The fraction of sp³-hybridized carbons (Fsp3) is 0.947. The van der Waals surface area contributed by atoms with E-state index in [0.717, 1.165) is 38.6 Å². The lowest BCUT2D eigenvalue weighted by Crippen LogP contribution is -2.72. The van der Waals surface area contributed by atoms with Crippen LogP contribution in [0.4, 0.5) is 0 Å². The van der Waals surface area contributed by atoms with Gasteiger partial charge in [0.15, 0.2) is 5.96 Å². The minimum absolute atomic E-state index is 0.156. The molecule has 1 aliphatic carbocycles. The number of nitrogens with one attached hydrogen (secondary N) is 1. The second-order valence-corrected chi connectivity index (χ2v) is 8.65. The van der Waals surface area contributed by atoms with Crippen LogP contribution in [0.5, 0.6) is 0 Å². The average molecular weight is 324 g/mol. The summed E-state index contributed by atoms with van der Waals surface area (Å²) in [7, 11) is 1.81. The van der Waals surface area contributed by atoms with Gasteiger partial charge in [0.25, 0.3) is 0 Å². The summed E-state index contributed by atoms with van der Waals surface area (Å²) in [6.07, 6.45) is 6.43. The fourth-order valence-electron chi connectivity index (χ4n) is 3.97. The normalized spacial score (nSPS) is 25.3. The van der Waals surface area contributed by atoms with Gasteiger partial charge in [0.1, 0.15) is 0 Å². The Morgan fingerprint density at radius 1 is 1.17 bits per heavy atom. The number of guanidine groups is 1. The maximum absolute atomic E-state index is 5.35. The molecule has 1 saturated heterocycles. The molecular formula is C19H37N3O. The van der Waals surface area contributed by atoms with Crippen molar-refractivity contribution < 1.29 is 4.74 Å². The van der Waals surface area contributed by atoms with Gasteiger partial charge in [-0.2, -0.15) is 0 Å². The molecule has 0 bridgehead atoms. The largest absolute Gasteiger partial charge is 0.385 e. The Morgan fingerprint density at radius 2 is 1.83 bits per heavy atom. The average Bonchev–Trinajstić information content (AvgIpc) is 2.96. The number of hydrogen-bond donors (Lipinski definition) is 1. The highest BCUT2D eigenvalue weighted by Gasteiger charge is 2.53. The molecule has 0 unspecified atom stereocenters. The van der Waals surface area contributed by atoms with E-state index in [0.29, 0.717) is 10.8 Å². The van der Waals surface area contributed by atoms with E-state index < -0.39 is 0 Å². The maximum Gasteiger partial charge on any atom is 0.194 e. The third-order valence-electron chi connectivity index (χ3n) is 6.54. The summed E-state index contributed by atoms with van der Waals surface area (Å²) in [5, 5.41) is 3.52. The van der Waals surface area contributed by atoms with Crippen molar-refractivity contribution in [2.75, 3.05) is 33.4 Å². The summed E-state index contributed by atoms with van der Waals surface area (Å²) in [6, 6.07) is 0. The zero-order chi connectivity index (χ0) is 17.1. The molecule has 1 N–H and O–H groups in total. The standard InChI is InChI=1S/C19H37N3O/c1-7-20-16(22-15-17(2,3)18(22,4)5)21-14-19(12-13-23-6)10-8-9-11-19/h7-15H2,1-6H3,(H,20,21). The number of rotatable bonds is 6. The first-order valence-corrected chi connectivity index (χ1v) is 9.33. The van der Waals surface area contributed by atoms with Gasteiger partial charge in [-0.3, -0.25) is 4.99 Å². The van der Waals surface area contributed by atoms with Crippen LogP contribution < -0.4 is 5.32 Å². The first-order valence-electron chi connectivity index (χ1n) is 9.33. The first kappa shape index (κ1) is 18.6. The Kier molecular flexibility index (Phi) is 5.65. The van der Waals surface area contributed by atoms with Gasteiger partial charge in [0.05, 0.1) is 0 Å². The molecule has 0 spiro atoms. The molecule has 1 saturated carbocycles. The van der Waals surface area contributed by atoms with Gasteiger partial charge in [-0.15, -0.1) is 0 Å². The highest BCUT2D eigenvalue weighted by molar-refractivity contribution is 5.82. The van der Waals surface area contributed by atoms with Crippen molar-refractivity contribution in [3.05, 3.63) is 0 Å². The SMILES string of the molecule is CCNC(=NCC1(CCOC)CCCC1)N1CC(C)(C)C1(C)C. The van der Waals surface area contributed by atoms with Crippen molar-refractivity contribution in [1.29, 1.82) is 0 Å². The van der Waals surface area contributed by atoms with Crippen molar-refractivity contribution in [2.24, 2.45) is 15.8 Å². The minimum Gasteiger partial charge on any atom is -0.385 e. The zero-order valence-corrected chi connectivity index (χ0v) is 16.2. The van der Waals surface area contributed by atoms with Crippen LogP contribution in [-0.4, -0.2) is 49.7 Å². The topological polar surface area (TPSA) is 36.9 Å². The molecule has 0 aromatic heterocycles. The van der Waals surface area contributed by atoms with Crippen LogP contribution >= 0.6 is 0 Å². The third-order valence-corrected chi connectivity index (χ3v) is 6.54. The molecule has 2 aliphatic rings. The minimum atomic E-state index is 0.156. The van der Waals surface area contributed by atoms with E-state index in [9.17, 15) is 0 Å². The highest BCUT2D eigenvalue weighted by atomic mass is 16.5. The molecule has 23 heavy (non-hydrogen) atoms. The molecule has 1 heterocycles. The summed E-state index contributed by atoms with van der Waals surface area (Å²) in [6.45, 7) is 15.3. The highest BCUT2D eigenvalue weighted by Crippen LogP contribution is 2.46. The molecule has 0 aromatic carbocycles. The van der Waals surface area contributed by atoms with Gasteiger partial charge in [0, 0.05) is 44.3 Å². The molecule has 134 valence electrons. The Morgan fingerprint density at radius 3 is 2.30 bits per heavy atom. The predicted molar refractivity (Wildman–Crippen MR) is 97.9 cm³/mol. The summed E-state index contributed by atoms with van der Waals surface area (Å²) >= 11 is 0. The van der Waals surface area contributed by atoms with E-state index in [1.54, 1.807) is 7.11 Å². The van der Waals surface area contributed by atoms with Gasteiger partial charge in [0.2, 0.25) is 0 Å². The number of nitrogens with zero attached hydrogens (tertiary/aromatic N) is 2. The number of hydrogen-bond acceptors (Lipinski definition) is 2. The molecule has 0 amide bonds. The van der Waals surface area contributed by atoms with Gasteiger partial charge < -0.3 is 15.0 Å². The van der Waals surface area contributed by atoms with Crippen LogP contribution in [0.15, 0.2) is 4.99 Å². The zero-order valence-electron chi connectivity index (χ0n) is 16.2. The molecular weight excluding hydrogens is 286 g/mol. The number of methoxy groups -OCH3 is 1. The molecule has 2 rings (SSSR count). The maximum atomic E-state index is 5.35. The van der Waals surface area contributed by atoms with Crippen molar-refractivity contribution in [1.82, 2.24) is 10.2 Å². The van der Waals surface area contributed by atoms with Gasteiger partial charge >= 0.3 is 0 Å². The van der Waals surface area contributed by atoms with E-state index >= 15 is 0 Å². The van der Waals surface area contributed by atoms with Crippen molar-refractivity contribution in [3.63, 3.8) is 0 Å². The molecule has 4 heteroatoms. The van der Waals surface area contributed by atoms with E-state index in [2.05, 4.69) is 44.8 Å². The molecule has 2 fully saturated rings. The van der Waals surface area contributed by atoms with E-state index in [1.807, 2.05) is 0 Å². The van der Waals surface area contributed by atoms with E-state index in [4.69, 9.17) is 9.73 Å². The lowest BCUT2D eigenvalue weighted by Gasteiger charge is -2.62. The van der Waals surface area contributed by atoms with Gasteiger partial charge in [-0.25, -0.2) is 0 Å². The molecule has 0 radical (unpaired) electrons. The van der Waals surface area contributed by atoms with Gasteiger partial charge in [-0.05, 0) is 45.4 Å². The fourth-order valence-corrected chi connectivity index (χ4v) is 3.97. The predicted octanol–water partition coefficient (Wildman–Crippen LogP) is 3.67. The molecule has 0 atom stereocenters. The smallest absolute Gasteiger partial charge is 0.194 e. The van der Waals surface area contributed by atoms with Crippen molar-refractivity contribution in [2.45, 2.75) is 72.3 Å². The number of ether oxygens (including phenoxy) is 1. The van der Waals surface area contributed by atoms with E-state index in [1.165, 1.54) is 25.7 Å². The molecule has 4 nitrogen and oxygen atoms in total. The van der Waals surface area contributed by atoms with Crippen LogP contribution in [-0.2, 0) is 4.74 Å². The molecule has 1 aliphatic heterocycles. The summed E-state index contributed by atoms with van der Waals surface area (Å²) < 4.78 is 5.35. The van der Waals surface area contributed by atoms with Crippen molar-refractivity contribution >= 4 is 5.96 Å². The quantitative estimate of drug-likeness (QED) is 0.598. The summed E-state index contributed by atoms with van der Waals surface area (Å²) in [5.74, 6) is 1.10. The Bertz CT molecular complexity index is 422. The van der Waals surface area contributed by atoms with Crippen molar-refractivity contribution in [3.8, 4) is 0 Å². The third kappa shape index (κ3) is 3.67. The number of aliphatic imine (C=N–C) groups is 1. The second kappa shape index (κ2) is 7.00. The van der Waals surface area contributed by atoms with E-state index in [-0.39, 0.29) is 5.54 Å². The summed E-state index contributed by atoms with van der Waals surface area (Å²) in [4.78, 5) is 7.53.